The SMILES string of the molecule is Cc1cc(C)n(CCC(=O)N2CCC(n3c(C)cnc3C)C2)n1. The minimum absolute atomic E-state index is 0.218. The van der Waals surface area contributed by atoms with Gasteiger partial charge in [-0.05, 0) is 40.2 Å². The van der Waals surface area contributed by atoms with Crippen molar-refractivity contribution < 1.29 is 4.79 Å². The van der Waals surface area contributed by atoms with Gasteiger partial charge in [0.15, 0.2) is 0 Å². The maximum Gasteiger partial charge on any atom is 0.224 e. The first kappa shape index (κ1) is 15.8. The van der Waals surface area contributed by atoms with E-state index in [1.807, 2.05) is 42.6 Å². The zero-order valence-corrected chi connectivity index (χ0v) is 14.4. The van der Waals surface area contributed by atoms with Gasteiger partial charge >= 0.3 is 0 Å². The number of amides is 1. The fourth-order valence-corrected chi connectivity index (χ4v) is 3.56. The number of aryl methyl sites for hydroxylation is 5. The van der Waals surface area contributed by atoms with E-state index in [0.717, 1.165) is 36.7 Å². The summed E-state index contributed by atoms with van der Waals surface area (Å²) in [6.07, 6.45) is 3.42. The van der Waals surface area contributed by atoms with Crippen LogP contribution in [0.15, 0.2) is 12.3 Å². The molecule has 0 N–H and O–H groups in total. The molecule has 1 fully saturated rings. The summed E-state index contributed by atoms with van der Waals surface area (Å²) in [4.78, 5) is 18.8. The number of rotatable bonds is 4. The van der Waals surface area contributed by atoms with Gasteiger partial charge in [-0.1, -0.05) is 0 Å². The molecule has 0 aliphatic carbocycles. The van der Waals surface area contributed by atoms with Gasteiger partial charge in [0.2, 0.25) is 5.91 Å². The van der Waals surface area contributed by atoms with Crippen molar-refractivity contribution in [1.82, 2.24) is 24.2 Å². The summed E-state index contributed by atoms with van der Waals surface area (Å²) in [5.74, 6) is 1.25. The Balaban J connectivity index is 1.58. The molecule has 1 atom stereocenters. The number of aromatic nitrogens is 4. The second kappa shape index (κ2) is 6.18. The average molecular weight is 315 g/mol. The smallest absolute Gasteiger partial charge is 0.224 e. The van der Waals surface area contributed by atoms with Crippen molar-refractivity contribution in [3.63, 3.8) is 0 Å². The molecule has 0 aromatic carbocycles. The molecule has 2 aromatic heterocycles. The average Bonchev–Trinajstić information content (AvgIpc) is 3.17. The highest BCUT2D eigenvalue weighted by Crippen LogP contribution is 2.25. The van der Waals surface area contributed by atoms with Gasteiger partial charge in [-0.3, -0.25) is 9.48 Å². The van der Waals surface area contributed by atoms with E-state index in [9.17, 15) is 4.79 Å². The Labute approximate surface area is 137 Å². The van der Waals surface area contributed by atoms with Gasteiger partial charge in [0.25, 0.3) is 0 Å². The molecule has 0 saturated carbocycles. The summed E-state index contributed by atoms with van der Waals surface area (Å²) < 4.78 is 4.18. The largest absolute Gasteiger partial charge is 0.340 e. The number of hydrogen-bond donors (Lipinski definition) is 0. The Morgan fingerprint density at radius 2 is 2.04 bits per heavy atom. The summed E-state index contributed by atoms with van der Waals surface area (Å²) in [5.41, 5.74) is 3.28. The second-order valence-electron chi connectivity index (χ2n) is 6.50. The van der Waals surface area contributed by atoms with Crippen LogP contribution in [0, 0.1) is 27.7 Å². The van der Waals surface area contributed by atoms with Gasteiger partial charge in [-0.15, -0.1) is 0 Å². The van der Waals surface area contributed by atoms with Crippen molar-refractivity contribution in [2.24, 2.45) is 0 Å². The Morgan fingerprint density at radius 3 is 2.65 bits per heavy atom. The lowest BCUT2D eigenvalue weighted by Crippen LogP contribution is -2.30. The molecule has 1 aliphatic heterocycles. The monoisotopic (exact) mass is 315 g/mol. The van der Waals surface area contributed by atoms with Crippen LogP contribution in [0.25, 0.3) is 0 Å². The van der Waals surface area contributed by atoms with Gasteiger partial charge < -0.3 is 9.47 Å². The topological polar surface area (TPSA) is 56.0 Å². The highest BCUT2D eigenvalue weighted by molar-refractivity contribution is 5.76. The van der Waals surface area contributed by atoms with Crippen LogP contribution in [-0.4, -0.2) is 43.2 Å². The first-order valence-corrected chi connectivity index (χ1v) is 8.25. The maximum absolute atomic E-state index is 12.5. The summed E-state index contributed by atoms with van der Waals surface area (Å²) in [6, 6.07) is 2.40. The quantitative estimate of drug-likeness (QED) is 0.869. The van der Waals surface area contributed by atoms with E-state index in [-0.39, 0.29) is 5.91 Å². The molecule has 0 spiro atoms. The van der Waals surface area contributed by atoms with Crippen molar-refractivity contribution in [2.75, 3.05) is 13.1 Å². The zero-order chi connectivity index (χ0) is 16.6. The third-order valence-electron chi connectivity index (χ3n) is 4.69. The zero-order valence-electron chi connectivity index (χ0n) is 14.4. The molecule has 1 unspecified atom stereocenters. The molecule has 2 aromatic rings. The highest BCUT2D eigenvalue weighted by atomic mass is 16.2. The molecule has 0 radical (unpaired) electrons. The van der Waals surface area contributed by atoms with Gasteiger partial charge in [-0.25, -0.2) is 4.98 Å². The first-order chi connectivity index (χ1) is 11.0. The van der Waals surface area contributed by atoms with Crippen LogP contribution in [0.1, 0.15) is 41.8 Å². The van der Waals surface area contributed by atoms with Gasteiger partial charge in [0.05, 0.1) is 11.7 Å². The van der Waals surface area contributed by atoms with E-state index in [1.165, 1.54) is 5.69 Å². The van der Waals surface area contributed by atoms with Crippen LogP contribution in [0.5, 0.6) is 0 Å². The molecule has 1 amide bonds. The summed E-state index contributed by atoms with van der Waals surface area (Å²) in [7, 11) is 0. The highest BCUT2D eigenvalue weighted by Gasteiger charge is 2.28. The molecule has 1 aliphatic rings. The van der Waals surface area contributed by atoms with Crippen molar-refractivity contribution in [1.29, 1.82) is 0 Å². The third kappa shape index (κ3) is 3.16. The predicted molar refractivity (Wildman–Crippen MR) is 88.3 cm³/mol. The van der Waals surface area contributed by atoms with Gasteiger partial charge in [0.1, 0.15) is 5.82 Å². The van der Waals surface area contributed by atoms with Crippen molar-refractivity contribution in [2.45, 2.75) is 53.1 Å². The standard InChI is InChI=1S/C17H25N5O/c1-12-9-13(2)21(19-12)8-6-17(23)20-7-5-16(11-20)22-14(3)10-18-15(22)4/h9-10,16H,5-8,11H2,1-4H3. The second-order valence-corrected chi connectivity index (χ2v) is 6.50. The van der Waals surface area contributed by atoms with Crippen LogP contribution in [0.3, 0.4) is 0 Å². The number of likely N-dealkylation sites (tertiary alicyclic amines) is 1. The molecule has 3 heterocycles. The van der Waals surface area contributed by atoms with Crippen molar-refractivity contribution in [3.05, 3.63) is 35.2 Å². The molecule has 23 heavy (non-hydrogen) atoms. The Bertz CT molecular complexity index is 695. The molecular formula is C17H25N5O. The number of carbonyl (C=O) groups excluding carboxylic acids is 1. The molecule has 0 bridgehead atoms. The van der Waals surface area contributed by atoms with Crippen molar-refractivity contribution >= 4 is 5.91 Å². The van der Waals surface area contributed by atoms with E-state index in [2.05, 4.69) is 21.6 Å². The lowest BCUT2D eigenvalue weighted by atomic mass is 10.2. The van der Waals surface area contributed by atoms with Crippen LogP contribution >= 0.6 is 0 Å². The molecule has 6 nitrogen and oxygen atoms in total. The van der Waals surface area contributed by atoms with Gasteiger partial charge in [0, 0.05) is 43.6 Å². The lowest BCUT2D eigenvalue weighted by Gasteiger charge is -2.19. The van der Waals surface area contributed by atoms with Crippen LogP contribution in [-0.2, 0) is 11.3 Å². The number of carbonyl (C=O) groups is 1. The van der Waals surface area contributed by atoms with Gasteiger partial charge in [-0.2, -0.15) is 5.10 Å². The molecule has 3 rings (SSSR count). The minimum Gasteiger partial charge on any atom is -0.340 e. The van der Waals surface area contributed by atoms with Crippen LogP contribution < -0.4 is 0 Å². The van der Waals surface area contributed by atoms with Crippen molar-refractivity contribution in [3.8, 4) is 0 Å². The number of imidazole rings is 1. The molecular weight excluding hydrogens is 290 g/mol. The number of nitrogens with zero attached hydrogens (tertiary/aromatic N) is 5. The minimum atomic E-state index is 0.218. The maximum atomic E-state index is 12.5. The molecule has 6 heteroatoms. The predicted octanol–water partition coefficient (Wildman–Crippen LogP) is 2.18. The number of hydrogen-bond acceptors (Lipinski definition) is 3. The summed E-state index contributed by atoms with van der Waals surface area (Å²) >= 11 is 0. The molecule has 1 saturated heterocycles. The first-order valence-electron chi connectivity index (χ1n) is 8.25. The van der Waals surface area contributed by atoms with E-state index in [0.29, 0.717) is 19.0 Å². The third-order valence-corrected chi connectivity index (χ3v) is 4.69. The Kier molecular flexibility index (Phi) is 4.24. The fraction of sp³-hybridized carbons (Fsp3) is 0.588. The summed E-state index contributed by atoms with van der Waals surface area (Å²) in [6.45, 7) is 10.4. The van der Waals surface area contributed by atoms with E-state index >= 15 is 0 Å². The Hall–Kier alpha value is -2.11. The van der Waals surface area contributed by atoms with E-state index in [1.54, 1.807) is 0 Å². The Morgan fingerprint density at radius 1 is 1.26 bits per heavy atom. The normalized spacial score (nSPS) is 17.9. The lowest BCUT2D eigenvalue weighted by molar-refractivity contribution is -0.130. The molecule has 124 valence electrons. The van der Waals surface area contributed by atoms with Crippen LogP contribution in [0.4, 0.5) is 0 Å². The van der Waals surface area contributed by atoms with E-state index < -0.39 is 0 Å². The summed E-state index contributed by atoms with van der Waals surface area (Å²) in [5, 5.41) is 4.42. The fourth-order valence-electron chi connectivity index (χ4n) is 3.56. The van der Waals surface area contributed by atoms with E-state index in [4.69, 9.17) is 0 Å². The van der Waals surface area contributed by atoms with Crippen LogP contribution in [0.2, 0.25) is 0 Å².